The molecule has 17 heavy (non-hydrogen) atoms. The predicted molar refractivity (Wildman–Crippen MR) is 68.5 cm³/mol. The second kappa shape index (κ2) is 5.82. The first-order valence-corrected chi connectivity index (χ1v) is 6.23. The number of rotatable bonds is 5. The lowest BCUT2D eigenvalue weighted by molar-refractivity contribution is -0.117. The Morgan fingerprint density at radius 3 is 2.35 bits per heavy atom. The molecule has 1 saturated heterocycles. The zero-order valence-corrected chi connectivity index (χ0v) is 10.4. The molecule has 0 radical (unpaired) electrons. The molecule has 2 rings (SSSR count). The van der Waals surface area contributed by atoms with E-state index in [2.05, 4.69) is 29.2 Å². The molecule has 1 amide bonds. The molecule has 1 aromatic rings. The maximum atomic E-state index is 10.5. The van der Waals surface area contributed by atoms with E-state index in [0.29, 0.717) is 6.54 Å². The Hall–Kier alpha value is -1.35. The SMILES string of the molecule is CN(C=O)Cc1ccc(CN2CCCC2)cc1. The van der Waals surface area contributed by atoms with Gasteiger partial charge >= 0.3 is 0 Å². The third kappa shape index (κ3) is 3.56. The summed E-state index contributed by atoms with van der Waals surface area (Å²) in [4.78, 5) is 14.7. The van der Waals surface area contributed by atoms with E-state index in [0.717, 1.165) is 13.0 Å². The predicted octanol–water partition coefficient (Wildman–Crippen LogP) is 1.87. The van der Waals surface area contributed by atoms with Crippen LogP contribution in [0.5, 0.6) is 0 Å². The van der Waals surface area contributed by atoms with E-state index >= 15 is 0 Å². The summed E-state index contributed by atoms with van der Waals surface area (Å²) in [6.45, 7) is 4.21. The van der Waals surface area contributed by atoms with Gasteiger partial charge in [0, 0.05) is 20.1 Å². The van der Waals surface area contributed by atoms with Gasteiger partial charge in [0.15, 0.2) is 0 Å². The van der Waals surface area contributed by atoms with Crippen LogP contribution in [0.4, 0.5) is 0 Å². The van der Waals surface area contributed by atoms with Crippen molar-refractivity contribution < 1.29 is 4.79 Å². The third-order valence-corrected chi connectivity index (χ3v) is 3.24. The molecule has 92 valence electrons. The van der Waals surface area contributed by atoms with E-state index in [9.17, 15) is 4.79 Å². The molecule has 3 nitrogen and oxygen atoms in total. The van der Waals surface area contributed by atoms with Crippen molar-refractivity contribution in [2.24, 2.45) is 0 Å². The highest BCUT2D eigenvalue weighted by Crippen LogP contribution is 2.13. The van der Waals surface area contributed by atoms with Crippen LogP contribution >= 0.6 is 0 Å². The largest absolute Gasteiger partial charge is 0.344 e. The molecule has 0 aliphatic carbocycles. The van der Waals surface area contributed by atoms with Crippen molar-refractivity contribution in [1.82, 2.24) is 9.80 Å². The Morgan fingerprint density at radius 2 is 1.76 bits per heavy atom. The Kier molecular flexibility index (Phi) is 4.15. The lowest BCUT2D eigenvalue weighted by Gasteiger charge is -2.15. The molecular formula is C14H20N2O. The number of hydrogen-bond donors (Lipinski definition) is 0. The van der Waals surface area contributed by atoms with Crippen molar-refractivity contribution in [2.45, 2.75) is 25.9 Å². The fourth-order valence-electron chi connectivity index (χ4n) is 2.27. The lowest BCUT2D eigenvalue weighted by Crippen LogP contribution is -2.18. The average molecular weight is 232 g/mol. The molecule has 1 fully saturated rings. The first kappa shape index (κ1) is 12.1. The summed E-state index contributed by atoms with van der Waals surface area (Å²) >= 11 is 0. The van der Waals surface area contributed by atoms with E-state index in [-0.39, 0.29) is 0 Å². The van der Waals surface area contributed by atoms with Gasteiger partial charge in [-0.25, -0.2) is 0 Å². The third-order valence-electron chi connectivity index (χ3n) is 3.24. The van der Waals surface area contributed by atoms with E-state index < -0.39 is 0 Å². The first-order valence-electron chi connectivity index (χ1n) is 6.23. The van der Waals surface area contributed by atoms with Crippen LogP contribution in [0.1, 0.15) is 24.0 Å². The molecule has 0 aromatic heterocycles. The van der Waals surface area contributed by atoms with Crippen LogP contribution < -0.4 is 0 Å². The van der Waals surface area contributed by atoms with Crippen LogP contribution in [0.2, 0.25) is 0 Å². The molecular weight excluding hydrogens is 212 g/mol. The Bertz CT molecular complexity index is 355. The quantitative estimate of drug-likeness (QED) is 0.724. The van der Waals surface area contributed by atoms with E-state index in [1.165, 1.54) is 37.1 Å². The van der Waals surface area contributed by atoms with Crippen LogP contribution in [0.15, 0.2) is 24.3 Å². The second-order valence-corrected chi connectivity index (χ2v) is 4.82. The first-order chi connectivity index (χ1) is 8.28. The maximum absolute atomic E-state index is 10.5. The highest BCUT2D eigenvalue weighted by atomic mass is 16.1. The smallest absolute Gasteiger partial charge is 0.209 e. The molecule has 0 atom stereocenters. The molecule has 3 heteroatoms. The topological polar surface area (TPSA) is 23.6 Å². The van der Waals surface area contributed by atoms with Gasteiger partial charge in [0.1, 0.15) is 0 Å². The van der Waals surface area contributed by atoms with Gasteiger partial charge in [-0.15, -0.1) is 0 Å². The number of hydrogen-bond acceptors (Lipinski definition) is 2. The van der Waals surface area contributed by atoms with Gasteiger partial charge < -0.3 is 4.90 Å². The molecule has 0 N–H and O–H groups in total. The van der Waals surface area contributed by atoms with Crippen LogP contribution in [0.3, 0.4) is 0 Å². The number of likely N-dealkylation sites (tertiary alicyclic amines) is 1. The van der Waals surface area contributed by atoms with Gasteiger partial charge in [-0.1, -0.05) is 24.3 Å². The lowest BCUT2D eigenvalue weighted by atomic mass is 10.1. The summed E-state index contributed by atoms with van der Waals surface area (Å²) in [5, 5.41) is 0. The average Bonchev–Trinajstić information content (AvgIpc) is 2.84. The molecule has 1 aliphatic heterocycles. The van der Waals surface area contributed by atoms with Gasteiger partial charge in [-0.05, 0) is 37.1 Å². The molecule has 1 heterocycles. The van der Waals surface area contributed by atoms with Gasteiger partial charge in [-0.2, -0.15) is 0 Å². The molecule has 1 aliphatic rings. The summed E-state index contributed by atoms with van der Waals surface area (Å²) in [6, 6.07) is 8.58. The summed E-state index contributed by atoms with van der Waals surface area (Å²) in [5.74, 6) is 0. The van der Waals surface area contributed by atoms with Gasteiger partial charge in [0.05, 0.1) is 0 Å². The summed E-state index contributed by atoms with van der Waals surface area (Å²) in [7, 11) is 1.80. The molecule has 0 unspecified atom stereocenters. The monoisotopic (exact) mass is 232 g/mol. The number of carbonyl (C=O) groups excluding carboxylic acids is 1. The van der Waals surface area contributed by atoms with Crippen LogP contribution in [-0.2, 0) is 17.9 Å². The summed E-state index contributed by atoms with van der Waals surface area (Å²) in [6.07, 6.45) is 3.53. The Morgan fingerprint density at radius 1 is 1.18 bits per heavy atom. The van der Waals surface area contributed by atoms with Crippen molar-refractivity contribution >= 4 is 6.41 Å². The van der Waals surface area contributed by atoms with E-state index in [4.69, 9.17) is 0 Å². The van der Waals surface area contributed by atoms with Crippen molar-refractivity contribution in [3.8, 4) is 0 Å². The van der Waals surface area contributed by atoms with Crippen molar-refractivity contribution in [3.05, 3.63) is 35.4 Å². The van der Waals surface area contributed by atoms with Crippen LogP contribution in [0.25, 0.3) is 0 Å². The zero-order valence-electron chi connectivity index (χ0n) is 10.4. The normalized spacial score (nSPS) is 16.1. The molecule has 1 aromatic carbocycles. The number of benzene rings is 1. The van der Waals surface area contributed by atoms with Gasteiger partial charge in [-0.3, -0.25) is 9.69 Å². The highest BCUT2D eigenvalue weighted by molar-refractivity contribution is 5.46. The summed E-state index contributed by atoms with van der Waals surface area (Å²) < 4.78 is 0. The minimum Gasteiger partial charge on any atom is -0.344 e. The minimum atomic E-state index is 0.688. The fourth-order valence-corrected chi connectivity index (χ4v) is 2.27. The Labute approximate surface area is 103 Å². The van der Waals surface area contributed by atoms with Crippen LogP contribution in [0, 0.1) is 0 Å². The van der Waals surface area contributed by atoms with E-state index in [1.807, 2.05) is 0 Å². The maximum Gasteiger partial charge on any atom is 0.209 e. The molecule has 0 spiro atoms. The zero-order chi connectivity index (χ0) is 12.1. The highest BCUT2D eigenvalue weighted by Gasteiger charge is 2.11. The molecule has 0 bridgehead atoms. The van der Waals surface area contributed by atoms with Gasteiger partial charge in [0.2, 0.25) is 6.41 Å². The Balaban J connectivity index is 1.90. The van der Waals surface area contributed by atoms with Crippen molar-refractivity contribution in [1.29, 1.82) is 0 Å². The number of carbonyl (C=O) groups is 1. The summed E-state index contributed by atoms with van der Waals surface area (Å²) in [5.41, 5.74) is 2.55. The molecule has 0 saturated carbocycles. The minimum absolute atomic E-state index is 0.688. The fraction of sp³-hybridized carbons (Fsp3) is 0.500. The number of amides is 1. The second-order valence-electron chi connectivity index (χ2n) is 4.82. The van der Waals surface area contributed by atoms with Gasteiger partial charge in [0.25, 0.3) is 0 Å². The number of nitrogens with zero attached hydrogens (tertiary/aromatic N) is 2. The van der Waals surface area contributed by atoms with Crippen molar-refractivity contribution in [2.75, 3.05) is 20.1 Å². The van der Waals surface area contributed by atoms with Crippen molar-refractivity contribution in [3.63, 3.8) is 0 Å². The van der Waals surface area contributed by atoms with E-state index in [1.54, 1.807) is 11.9 Å². The van der Waals surface area contributed by atoms with Crippen LogP contribution in [-0.4, -0.2) is 36.3 Å². The standard InChI is InChI=1S/C14H20N2O/c1-15(12-17)10-13-4-6-14(7-5-13)11-16-8-2-3-9-16/h4-7,12H,2-3,8-11H2,1H3.